The van der Waals surface area contributed by atoms with Crippen LogP contribution in [0.3, 0.4) is 0 Å². The number of nitrogens with zero attached hydrogens (tertiary/aromatic N) is 5. The summed E-state index contributed by atoms with van der Waals surface area (Å²) >= 11 is 6.20. The lowest BCUT2D eigenvalue weighted by molar-refractivity contribution is 0.302. The summed E-state index contributed by atoms with van der Waals surface area (Å²) in [5.74, 6) is -0.598. The molecule has 4 aromatic rings. The quantitative estimate of drug-likeness (QED) is 0.436. The first-order chi connectivity index (χ1) is 16.9. The molecule has 0 amide bonds. The molecule has 9 nitrogen and oxygen atoms in total. The second kappa shape index (κ2) is 8.51. The molecular formula is C24H17ClFN7O2. The maximum absolute atomic E-state index is 15.5. The Balaban J connectivity index is 1.82. The molecule has 5 rings (SSSR count). The summed E-state index contributed by atoms with van der Waals surface area (Å²) in [6.07, 6.45) is 3.14. The fourth-order valence-corrected chi connectivity index (χ4v) is 4.28. The number of nitrogens with one attached hydrogen (secondary N) is 1. The Morgan fingerprint density at radius 2 is 2.09 bits per heavy atom. The van der Waals surface area contributed by atoms with E-state index in [9.17, 15) is 15.3 Å². The number of hydrogen-bond acceptors (Lipinski definition) is 7. The number of benzene rings is 2. The predicted octanol–water partition coefficient (Wildman–Crippen LogP) is 3.53. The van der Waals surface area contributed by atoms with Crippen LogP contribution in [0.5, 0.6) is 5.75 Å². The molecule has 1 fully saturated rings. The lowest BCUT2D eigenvalue weighted by Gasteiger charge is -2.15. The maximum atomic E-state index is 15.5. The minimum Gasteiger partial charge on any atom is -0.489 e. The Kier molecular flexibility index (Phi) is 5.48. The number of aryl methyl sites for hydroxylation is 1. The highest BCUT2D eigenvalue weighted by Crippen LogP contribution is 2.43. The van der Waals surface area contributed by atoms with Gasteiger partial charge in [-0.15, -0.1) is 0 Å². The van der Waals surface area contributed by atoms with Crippen molar-refractivity contribution in [3.8, 4) is 40.3 Å². The molecule has 0 radical (unpaired) electrons. The van der Waals surface area contributed by atoms with Crippen molar-refractivity contribution in [2.75, 3.05) is 0 Å². The van der Waals surface area contributed by atoms with E-state index in [1.807, 2.05) is 12.1 Å². The van der Waals surface area contributed by atoms with Gasteiger partial charge in [-0.2, -0.15) is 20.7 Å². The minimum absolute atomic E-state index is 0.00861. The third-order valence-electron chi connectivity index (χ3n) is 5.88. The summed E-state index contributed by atoms with van der Waals surface area (Å²) in [6.45, 7) is 0.0187. The third-order valence-corrected chi connectivity index (χ3v) is 6.16. The monoisotopic (exact) mass is 489 g/mol. The molecule has 0 bridgehead atoms. The Labute approximate surface area is 203 Å². The zero-order valence-electron chi connectivity index (χ0n) is 18.4. The lowest BCUT2D eigenvalue weighted by atomic mass is 9.94. The Morgan fingerprint density at radius 1 is 1.31 bits per heavy atom. The van der Waals surface area contributed by atoms with Crippen molar-refractivity contribution in [1.29, 1.82) is 10.5 Å². The fraction of sp³-hybridized carbons (Fsp3) is 0.208. The van der Waals surface area contributed by atoms with Crippen LogP contribution in [0.4, 0.5) is 4.39 Å². The van der Waals surface area contributed by atoms with Gasteiger partial charge in [0.15, 0.2) is 5.82 Å². The molecule has 174 valence electrons. The van der Waals surface area contributed by atoms with Gasteiger partial charge in [0, 0.05) is 30.6 Å². The summed E-state index contributed by atoms with van der Waals surface area (Å²) in [5.41, 5.74) is 6.84. The first-order valence-electron chi connectivity index (χ1n) is 10.6. The van der Waals surface area contributed by atoms with Crippen molar-refractivity contribution >= 4 is 22.4 Å². The zero-order chi connectivity index (χ0) is 24.9. The van der Waals surface area contributed by atoms with Crippen LogP contribution in [-0.2, 0) is 13.6 Å². The van der Waals surface area contributed by atoms with E-state index < -0.39 is 11.4 Å². The van der Waals surface area contributed by atoms with Crippen molar-refractivity contribution < 1.29 is 9.13 Å². The first kappa shape index (κ1) is 22.5. The largest absolute Gasteiger partial charge is 0.489 e. The Morgan fingerprint density at radius 3 is 2.74 bits per heavy atom. The minimum atomic E-state index is -0.793. The molecule has 0 aliphatic heterocycles. The Bertz CT molecular complexity index is 1660. The van der Waals surface area contributed by atoms with Crippen LogP contribution in [0, 0.1) is 28.5 Å². The molecule has 2 aromatic carbocycles. The average molecular weight is 490 g/mol. The van der Waals surface area contributed by atoms with Crippen molar-refractivity contribution in [2.45, 2.75) is 25.5 Å². The first-order valence-corrected chi connectivity index (χ1v) is 11.0. The smallest absolute Gasteiger partial charge is 0.273 e. The van der Waals surface area contributed by atoms with Crippen LogP contribution in [0.25, 0.3) is 33.2 Å². The molecule has 0 spiro atoms. The molecule has 0 unspecified atom stereocenters. The average Bonchev–Trinajstić information content (AvgIpc) is 3.59. The topological polar surface area (TPSA) is 146 Å². The highest BCUT2D eigenvalue weighted by molar-refractivity contribution is 6.31. The number of aromatic amines is 1. The summed E-state index contributed by atoms with van der Waals surface area (Å²) < 4.78 is 22.7. The van der Waals surface area contributed by atoms with Crippen LogP contribution in [-0.4, -0.2) is 26.1 Å². The molecule has 1 aliphatic carbocycles. The Hall–Kier alpha value is -4.25. The summed E-state index contributed by atoms with van der Waals surface area (Å²) in [7, 11) is 1.60. The van der Waals surface area contributed by atoms with Gasteiger partial charge in [-0.25, -0.2) is 9.49 Å². The second-order valence-electron chi connectivity index (χ2n) is 8.14. The van der Waals surface area contributed by atoms with Gasteiger partial charge in [0.1, 0.15) is 23.5 Å². The second-order valence-corrected chi connectivity index (χ2v) is 8.55. The number of nitrogens with two attached hydrogens (primary N) is 1. The number of nitriles is 2. The molecule has 11 heteroatoms. The maximum Gasteiger partial charge on any atom is 0.273 e. The SMILES string of the molecule is Cn1ncc(-c2cc(C#N)c3c(=O)[nH]nc(CN)c3c2)c1-c1c(F)c(Cl)cc(OC2CC2)c1C#N. The van der Waals surface area contributed by atoms with Gasteiger partial charge in [0.25, 0.3) is 5.56 Å². The summed E-state index contributed by atoms with van der Waals surface area (Å²) in [5, 5.41) is 30.7. The standard InChI is InChI=1S/C24H17ClFN7O2/c1-33-23(21-15(8-28)19(35-13-2-3-13)6-17(25)22(21)26)16(10-30-33)11-4-12(7-27)20-14(5-11)18(9-29)31-32-24(20)34/h4-6,10,13H,2-3,9,29H2,1H3,(H,32,34). The molecule has 2 aromatic heterocycles. The van der Waals surface area contributed by atoms with Gasteiger partial charge in [0.2, 0.25) is 0 Å². The van der Waals surface area contributed by atoms with Gasteiger partial charge >= 0.3 is 0 Å². The number of rotatable bonds is 5. The fourth-order valence-electron chi connectivity index (χ4n) is 4.09. The van der Waals surface area contributed by atoms with E-state index in [0.29, 0.717) is 22.2 Å². The van der Waals surface area contributed by atoms with Crippen molar-refractivity contribution in [3.05, 3.63) is 62.4 Å². The van der Waals surface area contributed by atoms with E-state index in [2.05, 4.69) is 15.3 Å². The number of ether oxygens (including phenoxy) is 1. The normalized spacial score (nSPS) is 13.0. The van der Waals surface area contributed by atoms with Crippen LogP contribution < -0.4 is 16.0 Å². The van der Waals surface area contributed by atoms with Crippen molar-refractivity contribution in [2.24, 2.45) is 12.8 Å². The number of aromatic nitrogens is 4. The van der Waals surface area contributed by atoms with Crippen LogP contribution in [0.1, 0.15) is 29.7 Å². The lowest BCUT2D eigenvalue weighted by Crippen LogP contribution is -2.14. The van der Waals surface area contributed by atoms with Gasteiger partial charge in [-0.3, -0.25) is 9.48 Å². The zero-order valence-corrected chi connectivity index (χ0v) is 19.1. The van der Waals surface area contributed by atoms with E-state index in [1.54, 1.807) is 13.1 Å². The molecule has 3 N–H and O–H groups in total. The van der Waals surface area contributed by atoms with Crippen molar-refractivity contribution in [1.82, 2.24) is 20.0 Å². The van der Waals surface area contributed by atoms with Crippen LogP contribution in [0.2, 0.25) is 5.02 Å². The summed E-state index contributed by atoms with van der Waals surface area (Å²) in [4.78, 5) is 12.4. The predicted molar refractivity (Wildman–Crippen MR) is 126 cm³/mol. The van der Waals surface area contributed by atoms with Crippen LogP contribution >= 0.6 is 11.6 Å². The van der Waals surface area contributed by atoms with Gasteiger partial charge in [-0.05, 0) is 30.5 Å². The molecule has 2 heterocycles. The molecule has 35 heavy (non-hydrogen) atoms. The van der Waals surface area contributed by atoms with E-state index in [4.69, 9.17) is 22.1 Å². The number of halogens is 2. The molecule has 0 saturated heterocycles. The summed E-state index contributed by atoms with van der Waals surface area (Å²) in [6, 6.07) is 8.55. The van der Waals surface area contributed by atoms with Crippen molar-refractivity contribution in [3.63, 3.8) is 0 Å². The van der Waals surface area contributed by atoms with Crippen LogP contribution in [0.15, 0.2) is 29.2 Å². The number of H-pyrrole nitrogens is 1. The van der Waals surface area contributed by atoms with E-state index in [1.165, 1.54) is 23.0 Å². The highest BCUT2D eigenvalue weighted by Gasteiger charge is 2.30. The van der Waals surface area contributed by atoms with E-state index >= 15 is 4.39 Å². The van der Waals surface area contributed by atoms with Gasteiger partial charge in [-0.1, -0.05) is 11.6 Å². The van der Waals surface area contributed by atoms with E-state index in [-0.39, 0.29) is 51.2 Å². The third kappa shape index (κ3) is 3.69. The highest BCUT2D eigenvalue weighted by atomic mass is 35.5. The molecule has 0 atom stereocenters. The molecular weight excluding hydrogens is 473 g/mol. The molecule has 1 aliphatic rings. The van der Waals surface area contributed by atoms with E-state index in [0.717, 1.165) is 12.8 Å². The number of fused-ring (bicyclic) bond motifs is 1. The van der Waals surface area contributed by atoms with Gasteiger partial charge < -0.3 is 10.5 Å². The van der Waals surface area contributed by atoms with Gasteiger partial charge in [0.05, 0.1) is 45.2 Å². The molecule has 1 saturated carbocycles. The number of hydrogen-bond donors (Lipinski definition) is 2.